The van der Waals surface area contributed by atoms with Crippen molar-refractivity contribution in [2.24, 2.45) is 5.92 Å². The third-order valence-electron chi connectivity index (χ3n) is 4.13. The average Bonchev–Trinajstić information content (AvgIpc) is 3.42. The fraction of sp³-hybridized carbons (Fsp3) is 0.545. The summed E-state index contributed by atoms with van der Waals surface area (Å²) in [7, 11) is 1.59. The Morgan fingerprint density at radius 3 is 2.37 bits per heavy atom. The highest BCUT2D eigenvalue weighted by atomic mass is 16.7. The van der Waals surface area contributed by atoms with Crippen molar-refractivity contribution in [2.45, 2.75) is 65.6 Å². The summed E-state index contributed by atoms with van der Waals surface area (Å²) < 4.78 is 6.22. The van der Waals surface area contributed by atoms with E-state index in [0.717, 1.165) is 25.0 Å². The molecule has 1 saturated carbocycles. The molecule has 0 aromatic heterocycles. The van der Waals surface area contributed by atoms with Crippen molar-refractivity contribution in [1.29, 1.82) is 0 Å². The first-order chi connectivity index (χ1) is 12.6. The van der Waals surface area contributed by atoms with Crippen LogP contribution >= 0.6 is 0 Å². The van der Waals surface area contributed by atoms with Crippen LogP contribution in [0.1, 0.15) is 74.6 Å². The normalized spacial score (nSPS) is 14.7. The van der Waals surface area contributed by atoms with Crippen LogP contribution in [0.3, 0.4) is 0 Å². The Morgan fingerprint density at radius 2 is 1.85 bits per heavy atom. The Balaban J connectivity index is 2.23. The first-order valence-electron chi connectivity index (χ1n) is 9.52. The Morgan fingerprint density at radius 1 is 1.22 bits per heavy atom. The second-order valence-corrected chi connectivity index (χ2v) is 8.41. The van der Waals surface area contributed by atoms with Crippen LogP contribution in [-0.4, -0.2) is 36.0 Å². The molecule has 1 atom stereocenters. The van der Waals surface area contributed by atoms with Crippen molar-refractivity contribution in [2.75, 3.05) is 7.05 Å². The summed E-state index contributed by atoms with van der Waals surface area (Å²) in [6.45, 7) is 10.3. The van der Waals surface area contributed by atoms with Crippen LogP contribution in [-0.2, 0) is 9.57 Å². The van der Waals surface area contributed by atoms with Crippen molar-refractivity contribution in [1.82, 2.24) is 5.06 Å². The van der Waals surface area contributed by atoms with Crippen molar-refractivity contribution in [3.63, 3.8) is 0 Å². The van der Waals surface area contributed by atoms with Gasteiger partial charge in [0.15, 0.2) is 6.29 Å². The number of carbonyl (C=O) groups excluding carboxylic acids is 2. The molecular formula is C22H31NO4. The smallest absolute Gasteiger partial charge is 0.277 e. The molecule has 0 spiro atoms. The molecule has 0 saturated heterocycles. The zero-order chi connectivity index (χ0) is 20.2. The molecule has 1 aromatic rings. The molecular weight excluding hydrogens is 342 g/mol. The second kappa shape index (κ2) is 8.70. The lowest BCUT2D eigenvalue weighted by Crippen LogP contribution is -2.36. The van der Waals surface area contributed by atoms with Crippen LogP contribution in [0.25, 0.3) is 0 Å². The van der Waals surface area contributed by atoms with Gasteiger partial charge in [0.2, 0.25) is 0 Å². The fourth-order valence-electron chi connectivity index (χ4n) is 2.83. The van der Waals surface area contributed by atoms with Gasteiger partial charge in [-0.25, -0.2) is 5.06 Å². The summed E-state index contributed by atoms with van der Waals surface area (Å²) >= 11 is 0. The van der Waals surface area contributed by atoms with Crippen molar-refractivity contribution >= 4 is 12.2 Å². The number of rotatable bonds is 8. The highest BCUT2D eigenvalue weighted by Crippen LogP contribution is 2.38. The summed E-state index contributed by atoms with van der Waals surface area (Å²) in [4.78, 5) is 30.1. The Kier molecular flexibility index (Phi) is 6.82. The topological polar surface area (TPSA) is 55.8 Å². The second-order valence-electron chi connectivity index (χ2n) is 8.41. The minimum absolute atomic E-state index is 0.329. The fourth-order valence-corrected chi connectivity index (χ4v) is 2.83. The van der Waals surface area contributed by atoms with Crippen LogP contribution in [0.4, 0.5) is 0 Å². The molecule has 1 aliphatic rings. The van der Waals surface area contributed by atoms with Gasteiger partial charge in [-0.2, -0.15) is 0 Å². The van der Waals surface area contributed by atoms with Gasteiger partial charge >= 0.3 is 0 Å². The molecule has 0 N–H and O–H groups in total. The Bertz CT molecular complexity index is 709. The minimum Gasteiger partial charge on any atom is -0.490 e. The Hall–Kier alpha value is -2.14. The van der Waals surface area contributed by atoms with E-state index in [9.17, 15) is 9.59 Å². The number of ether oxygens (including phenoxy) is 1. The third kappa shape index (κ3) is 6.21. The molecule has 0 bridgehead atoms. The zero-order valence-electron chi connectivity index (χ0n) is 17.2. The number of carbonyl (C=O) groups is 2. The van der Waals surface area contributed by atoms with Gasteiger partial charge < -0.3 is 4.74 Å². The van der Waals surface area contributed by atoms with Crippen molar-refractivity contribution in [3.05, 3.63) is 46.7 Å². The molecule has 0 radical (unpaired) electrons. The molecule has 5 heteroatoms. The zero-order valence-corrected chi connectivity index (χ0v) is 17.2. The molecule has 1 aromatic carbocycles. The van der Waals surface area contributed by atoms with Gasteiger partial charge in [-0.05, 0) is 57.6 Å². The highest BCUT2D eigenvalue weighted by molar-refractivity contribution is 6.00. The lowest BCUT2D eigenvalue weighted by atomic mass is 10.0. The number of hydrogen-bond acceptors (Lipinski definition) is 4. The molecule has 2 rings (SSSR count). The maximum Gasteiger partial charge on any atom is 0.277 e. The maximum absolute atomic E-state index is 12.8. The summed E-state index contributed by atoms with van der Waals surface area (Å²) in [5, 5.41) is 1.23. The first-order valence-corrected chi connectivity index (χ1v) is 9.52. The van der Waals surface area contributed by atoms with Gasteiger partial charge in [0.05, 0.1) is 5.56 Å². The van der Waals surface area contributed by atoms with E-state index in [1.807, 2.05) is 20.8 Å². The van der Waals surface area contributed by atoms with E-state index in [1.165, 1.54) is 10.6 Å². The monoisotopic (exact) mass is 373 g/mol. The Labute approximate surface area is 162 Å². The van der Waals surface area contributed by atoms with E-state index in [0.29, 0.717) is 23.3 Å². The van der Waals surface area contributed by atoms with E-state index in [1.54, 1.807) is 31.3 Å². The maximum atomic E-state index is 12.8. The molecule has 1 fully saturated rings. The van der Waals surface area contributed by atoms with Gasteiger partial charge in [0, 0.05) is 12.6 Å². The predicted octanol–water partition coefficient (Wildman–Crippen LogP) is 4.78. The van der Waals surface area contributed by atoms with E-state index >= 15 is 0 Å². The summed E-state index contributed by atoms with van der Waals surface area (Å²) in [6.07, 6.45) is 3.11. The van der Waals surface area contributed by atoms with Crippen LogP contribution in [0.2, 0.25) is 0 Å². The third-order valence-corrected chi connectivity index (χ3v) is 4.13. The van der Waals surface area contributed by atoms with Crippen LogP contribution in [0.5, 0.6) is 0 Å². The highest BCUT2D eigenvalue weighted by Gasteiger charge is 2.32. The number of amides is 1. The standard InChI is InChI=1S/C22H31NO4/c1-15(2)13-19(20(16-11-12-16)26-22(3,4)5)27-23(6)21(25)18-10-8-7-9-17(18)14-24/h7-10,14-15,19H,11-13H2,1-6H3. The van der Waals surface area contributed by atoms with Crippen LogP contribution < -0.4 is 0 Å². The van der Waals surface area contributed by atoms with Gasteiger partial charge in [-0.1, -0.05) is 32.0 Å². The molecule has 0 aliphatic heterocycles. The number of nitrogens with zero attached hydrogens (tertiary/aromatic N) is 1. The van der Waals surface area contributed by atoms with Gasteiger partial charge in [0.25, 0.3) is 5.91 Å². The number of benzene rings is 1. The van der Waals surface area contributed by atoms with Crippen LogP contribution in [0, 0.1) is 5.92 Å². The predicted molar refractivity (Wildman–Crippen MR) is 105 cm³/mol. The molecule has 27 heavy (non-hydrogen) atoms. The molecule has 1 unspecified atom stereocenters. The van der Waals surface area contributed by atoms with E-state index in [-0.39, 0.29) is 17.6 Å². The van der Waals surface area contributed by atoms with Crippen molar-refractivity contribution < 1.29 is 19.2 Å². The first kappa shape index (κ1) is 21.2. The molecule has 0 heterocycles. The number of aldehydes is 1. The SMILES string of the molecule is CC(C)CC(ON(C)C(=O)c1ccccc1C=O)C(OC(C)(C)C)=C1CC1. The molecule has 5 nitrogen and oxygen atoms in total. The molecule has 1 aliphatic carbocycles. The molecule has 148 valence electrons. The minimum atomic E-state index is -0.345. The number of hydroxylamine groups is 2. The summed E-state index contributed by atoms with van der Waals surface area (Å²) in [5.41, 5.74) is 1.60. The largest absolute Gasteiger partial charge is 0.490 e. The van der Waals surface area contributed by atoms with Gasteiger partial charge in [-0.15, -0.1) is 0 Å². The number of allylic oxidation sites excluding steroid dienone is 1. The van der Waals surface area contributed by atoms with Gasteiger partial charge in [-0.3, -0.25) is 14.4 Å². The lowest BCUT2D eigenvalue weighted by molar-refractivity contribution is -0.160. The van der Waals surface area contributed by atoms with E-state index in [2.05, 4.69) is 13.8 Å². The van der Waals surface area contributed by atoms with E-state index < -0.39 is 0 Å². The van der Waals surface area contributed by atoms with Gasteiger partial charge in [0.1, 0.15) is 17.5 Å². The quantitative estimate of drug-likeness (QED) is 0.374. The average molecular weight is 373 g/mol. The lowest BCUT2D eigenvalue weighted by Gasteiger charge is -2.31. The summed E-state index contributed by atoms with van der Waals surface area (Å²) in [5.74, 6) is 0.876. The van der Waals surface area contributed by atoms with Crippen LogP contribution in [0.15, 0.2) is 35.6 Å². The van der Waals surface area contributed by atoms with Crippen molar-refractivity contribution in [3.8, 4) is 0 Å². The molecule has 1 amide bonds. The number of hydrogen-bond donors (Lipinski definition) is 0. The summed E-state index contributed by atoms with van der Waals surface area (Å²) in [6, 6.07) is 6.73. The van der Waals surface area contributed by atoms with E-state index in [4.69, 9.17) is 9.57 Å².